The van der Waals surface area contributed by atoms with Gasteiger partial charge in [-0.25, -0.2) is 0 Å². The van der Waals surface area contributed by atoms with Crippen molar-refractivity contribution in [1.29, 1.82) is 0 Å². The summed E-state index contributed by atoms with van der Waals surface area (Å²) in [7, 11) is 0. The average Bonchev–Trinajstić information content (AvgIpc) is 2.61. The maximum Gasteiger partial charge on any atom is 0.105 e. The SMILES string of the molecule is Cc1cc(C(O)c2cc(Br)sc2C)ccc1Cl. The maximum atomic E-state index is 10.3. The first-order chi connectivity index (χ1) is 7.99. The molecule has 0 spiro atoms. The number of aryl methyl sites for hydroxylation is 2. The van der Waals surface area contributed by atoms with E-state index in [1.807, 2.05) is 38.1 Å². The molecule has 1 N–H and O–H groups in total. The van der Waals surface area contributed by atoms with Gasteiger partial charge in [0.15, 0.2) is 0 Å². The molecule has 0 saturated carbocycles. The Balaban J connectivity index is 2.40. The molecular weight excluding hydrogens is 320 g/mol. The first kappa shape index (κ1) is 13.1. The van der Waals surface area contributed by atoms with E-state index in [1.54, 1.807) is 11.3 Å². The molecule has 17 heavy (non-hydrogen) atoms. The second-order valence-corrected chi connectivity index (χ2v) is 7.02. The Morgan fingerprint density at radius 2 is 2.00 bits per heavy atom. The molecule has 2 rings (SSSR count). The van der Waals surface area contributed by atoms with E-state index in [-0.39, 0.29) is 0 Å². The van der Waals surface area contributed by atoms with Crippen molar-refractivity contribution in [2.75, 3.05) is 0 Å². The van der Waals surface area contributed by atoms with Crippen LogP contribution >= 0.6 is 38.9 Å². The van der Waals surface area contributed by atoms with Crippen LogP contribution in [-0.2, 0) is 0 Å². The lowest BCUT2D eigenvalue weighted by molar-refractivity contribution is 0.220. The number of benzene rings is 1. The molecule has 0 aliphatic rings. The van der Waals surface area contributed by atoms with Crippen molar-refractivity contribution < 1.29 is 5.11 Å². The van der Waals surface area contributed by atoms with Gasteiger partial charge in [-0.15, -0.1) is 11.3 Å². The molecule has 1 aromatic carbocycles. The molecule has 1 nitrogen and oxygen atoms in total. The van der Waals surface area contributed by atoms with Crippen molar-refractivity contribution in [2.45, 2.75) is 20.0 Å². The summed E-state index contributed by atoms with van der Waals surface area (Å²) in [6, 6.07) is 7.59. The minimum atomic E-state index is -0.589. The lowest BCUT2D eigenvalue weighted by Gasteiger charge is -2.12. The van der Waals surface area contributed by atoms with Crippen LogP contribution in [0.2, 0.25) is 5.02 Å². The molecular formula is C13H12BrClOS. The highest BCUT2D eigenvalue weighted by Gasteiger charge is 2.16. The number of hydrogen-bond acceptors (Lipinski definition) is 2. The van der Waals surface area contributed by atoms with Crippen LogP contribution in [0.3, 0.4) is 0 Å². The molecule has 0 saturated heterocycles. The molecule has 0 amide bonds. The molecule has 1 unspecified atom stereocenters. The number of halogens is 2. The van der Waals surface area contributed by atoms with Gasteiger partial charge in [-0.2, -0.15) is 0 Å². The van der Waals surface area contributed by atoms with Gasteiger partial charge in [0.05, 0.1) is 3.79 Å². The van der Waals surface area contributed by atoms with Crippen molar-refractivity contribution in [2.24, 2.45) is 0 Å². The van der Waals surface area contributed by atoms with Crippen molar-refractivity contribution in [3.8, 4) is 0 Å². The van der Waals surface area contributed by atoms with E-state index in [0.717, 1.165) is 30.4 Å². The topological polar surface area (TPSA) is 20.2 Å². The van der Waals surface area contributed by atoms with E-state index in [0.29, 0.717) is 0 Å². The van der Waals surface area contributed by atoms with E-state index < -0.39 is 6.10 Å². The predicted molar refractivity (Wildman–Crippen MR) is 77.0 cm³/mol. The van der Waals surface area contributed by atoms with Crippen molar-refractivity contribution in [3.05, 3.63) is 54.6 Å². The summed E-state index contributed by atoms with van der Waals surface area (Å²) in [5.41, 5.74) is 2.80. The van der Waals surface area contributed by atoms with Gasteiger partial charge in [0.25, 0.3) is 0 Å². The van der Waals surface area contributed by atoms with Gasteiger partial charge in [-0.3, -0.25) is 0 Å². The van der Waals surface area contributed by atoms with Crippen LogP contribution < -0.4 is 0 Å². The lowest BCUT2D eigenvalue weighted by atomic mass is 10.0. The fourth-order valence-electron chi connectivity index (χ4n) is 1.75. The van der Waals surface area contributed by atoms with Crippen LogP contribution in [0, 0.1) is 13.8 Å². The molecule has 0 bridgehead atoms. The van der Waals surface area contributed by atoms with Gasteiger partial charge in [-0.05, 0) is 58.6 Å². The van der Waals surface area contributed by atoms with E-state index in [4.69, 9.17) is 11.6 Å². The largest absolute Gasteiger partial charge is 0.384 e. The van der Waals surface area contributed by atoms with Gasteiger partial charge < -0.3 is 5.11 Å². The fraction of sp³-hybridized carbons (Fsp3) is 0.231. The summed E-state index contributed by atoms with van der Waals surface area (Å²) in [6.45, 7) is 3.95. The summed E-state index contributed by atoms with van der Waals surface area (Å²) in [6.07, 6.45) is -0.589. The third-order valence-corrected chi connectivity index (χ3v) is 4.71. The molecule has 0 fully saturated rings. The van der Waals surface area contributed by atoms with Crippen LogP contribution in [0.5, 0.6) is 0 Å². The van der Waals surface area contributed by atoms with E-state index in [1.165, 1.54) is 0 Å². The van der Waals surface area contributed by atoms with E-state index in [2.05, 4.69) is 15.9 Å². The lowest BCUT2D eigenvalue weighted by Crippen LogP contribution is -2.00. The Labute approximate surface area is 118 Å². The zero-order valence-electron chi connectivity index (χ0n) is 9.50. The monoisotopic (exact) mass is 330 g/mol. The molecule has 1 atom stereocenters. The quantitative estimate of drug-likeness (QED) is 0.833. The van der Waals surface area contributed by atoms with Crippen molar-refractivity contribution in [3.63, 3.8) is 0 Å². The Bertz CT molecular complexity index is 550. The van der Waals surface area contributed by atoms with Crippen molar-refractivity contribution >= 4 is 38.9 Å². The number of aliphatic hydroxyl groups is 1. The van der Waals surface area contributed by atoms with Gasteiger partial charge in [0.1, 0.15) is 6.10 Å². The standard InChI is InChI=1S/C13H12BrClOS/c1-7-5-9(3-4-11(7)15)13(16)10-6-12(14)17-8(10)2/h3-6,13,16H,1-2H3. The Kier molecular flexibility index (Phi) is 3.93. The maximum absolute atomic E-state index is 10.3. The Morgan fingerprint density at radius 1 is 1.29 bits per heavy atom. The van der Waals surface area contributed by atoms with Gasteiger partial charge in [0.2, 0.25) is 0 Å². The van der Waals surface area contributed by atoms with Crippen LogP contribution in [0.4, 0.5) is 0 Å². The third kappa shape index (κ3) is 2.74. The highest BCUT2D eigenvalue weighted by Crippen LogP contribution is 2.34. The summed E-state index contributed by atoms with van der Waals surface area (Å²) in [4.78, 5) is 1.12. The predicted octanol–water partition coefficient (Wildman–Crippen LogP) is 4.86. The second-order valence-electron chi connectivity index (χ2n) is 3.97. The normalized spacial score (nSPS) is 12.8. The molecule has 1 heterocycles. The molecule has 4 heteroatoms. The Hall–Kier alpha value is -0.350. The Morgan fingerprint density at radius 3 is 2.53 bits per heavy atom. The zero-order chi connectivity index (χ0) is 12.6. The third-order valence-electron chi connectivity index (χ3n) is 2.72. The number of thiophene rings is 1. The fourth-order valence-corrected chi connectivity index (χ4v) is 3.61. The number of aliphatic hydroxyl groups excluding tert-OH is 1. The summed E-state index contributed by atoms with van der Waals surface area (Å²) >= 11 is 11.0. The number of rotatable bonds is 2. The average molecular weight is 332 g/mol. The molecule has 1 aromatic heterocycles. The van der Waals surface area contributed by atoms with Crippen LogP contribution in [-0.4, -0.2) is 5.11 Å². The minimum absolute atomic E-state index is 0.589. The highest BCUT2D eigenvalue weighted by molar-refractivity contribution is 9.11. The second kappa shape index (κ2) is 5.11. The smallest absolute Gasteiger partial charge is 0.105 e. The van der Waals surface area contributed by atoms with Crippen LogP contribution in [0.1, 0.15) is 27.7 Å². The summed E-state index contributed by atoms with van der Waals surface area (Å²) in [5.74, 6) is 0. The minimum Gasteiger partial charge on any atom is -0.384 e. The van der Waals surface area contributed by atoms with Crippen molar-refractivity contribution in [1.82, 2.24) is 0 Å². The first-order valence-electron chi connectivity index (χ1n) is 5.19. The molecule has 2 aromatic rings. The zero-order valence-corrected chi connectivity index (χ0v) is 12.7. The van der Waals surface area contributed by atoms with Crippen LogP contribution in [0.15, 0.2) is 28.1 Å². The highest BCUT2D eigenvalue weighted by atomic mass is 79.9. The summed E-state index contributed by atoms with van der Waals surface area (Å²) in [5, 5.41) is 11.1. The van der Waals surface area contributed by atoms with Gasteiger partial charge >= 0.3 is 0 Å². The van der Waals surface area contributed by atoms with Gasteiger partial charge in [-0.1, -0.05) is 23.7 Å². The van der Waals surface area contributed by atoms with Gasteiger partial charge in [0, 0.05) is 9.90 Å². The summed E-state index contributed by atoms with van der Waals surface area (Å²) < 4.78 is 1.04. The molecule has 0 aliphatic heterocycles. The molecule has 0 aliphatic carbocycles. The van der Waals surface area contributed by atoms with Crippen LogP contribution in [0.25, 0.3) is 0 Å². The number of hydrogen-bond donors (Lipinski definition) is 1. The first-order valence-corrected chi connectivity index (χ1v) is 7.17. The van der Waals surface area contributed by atoms with E-state index >= 15 is 0 Å². The molecule has 90 valence electrons. The molecule has 0 radical (unpaired) electrons. The van der Waals surface area contributed by atoms with E-state index in [9.17, 15) is 5.11 Å².